The van der Waals surface area contributed by atoms with Gasteiger partial charge in [0, 0.05) is 24.7 Å². The van der Waals surface area contributed by atoms with Crippen LogP contribution in [-0.4, -0.2) is 25.8 Å². The number of halogens is 2. The summed E-state index contributed by atoms with van der Waals surface area (Å²) in [4.78, 5) is 0.103. The highest BCUT2D eigenvalue weighted by Crippen LogP contribution is 2.33. The molecule has 0 bridgehead atoms. The number of nitrogens with zero attached hydrogens (tertiary/aromatic N) is 1. The van der Waals surface area contributed by atoms with E-state index in [-0.39, 0.29) is 16.5 Å². The fraction of sp³-hybridized carbons (Fsp3) is 0.571. The highest BCUT2D eigenvalue weighted by molar-refractivity contribution is 7.89. The van der Waals surface area contributed by atoms with Crippen LogP contribution in [0, 0.1) is 5.92 Å². The van der Waals surface area contributed by atoms with Gasteiger partial charge < -0.3 is 5.73 Å². The van der Waals surface area contributed by atoms with E-state index in [1.807, 2.05) is 0 Å². The van der Waals surface area contributed by atoms with Crippen LogP contribution in [0.1, 0.15) is 31.7 Å². The van der Waals surface area contributed by atoms with Gasteiger partial charge in [0.15, 0.2) is 0 Å². The molecule has 21 heavy (non-hydrogen) atoms. The number of sulfonamides is 1. The van der Waals surface area contributed by atoms with Gasteiger partial charge >= 0.3 is 0 Å². The highest BCUT2D eigenvalue weighted by Gasteiger charge is 2.33. The molecule has 1 aromatic rings. The Bertz CT molecular complexity index is 620. The second-order valence-electron chi connectivity index (χ2n) is 5.38. The smallest absolute Gasteiger partial charge is 0.244 e. The van der Waals surface area contributed by atoms with Gasteiger partial charge in [0.2, 0.25) is 10.0 Å². The first-order chi connectivity index (χ1) is 9.90. The average molecular weight is 351 g/mol. The Kier molecular flexibility index (Phi) is 5.54. The van der Waals surface area contributed by atoms with Gasteiger partial charge in [0.1, 0.15) is 4.90 Å². The predicted octanol–water partition coefficient (Wildman–Crippen LogP) is 3.26. The number of nitrogens with two attached hydrogens (primary N) is 1. The van der Waals surface area contributed by atoms with E-state index >= 15 is 0 Å². The molecule has 1 unspecified atom stereocenters. The van der Waals surface area contributed by atoms with Crippen molar-refractivity contribution in [1.29, 1.82) is 0 Å². The molecule has 0 aromatic heterocycles. The van der Waals surface area contributed by atoms with E-state index in [2.05, 4.69) is 6.92 Å². The molecule has 0 saturated carbocycles. The van der Waals surface area contributed by atoms with Crippen molar-refractivity contribution >= 4 is 33.2 Å². The Hall–Kier alpha value is -0.330. The first-order valence-electron chi connectivity index (χ1n) is 7.08. The van der Waals surface area contributed by atoms with Crippen LogP contribution in [0.15, 0.2) is 17.0 Å². The van der Waals surface area contributed by atoms with Gasteiger partial charge in [-0.1, -0.05) is 36.5 Å². The zero-order valence-electron chi connectivity index (χ0n) is 12.0. The molecule has 118 valence electrons. The second-order valence-corrected chi connectivity index (χ2v) is 8.11. The molecule has 1 atom stereocenters. The fourth-order valence-electron chi connectivity index (χ4n) is 2.72. The fourth-order valence-corrected chi connectivity index (χ4v) is 5.10. The topological polar surface area (TPSA) is 63.4 Å². The maximum absolute atomic E-state index is 12.7. The van der Waals surface area contributed by atoms with E-state index in [1.165, 1.54) is 16.4 Å². The molecule has 1 saturated heterocycles. The van der Waals surface area contributed by atoms with Crippen LogP contribution in [-0.2, 0) is 16.6 Å². The van der Waals surface area contributed by atoms with Crippen molar-refractivity contribution in [3.05, 3.63) is 27.7 Å². The van der Waals surface area contributed by atoms with Crippen LogP contribution in [0.2, 0.25) is 10.0 Å². The lowest BCUT2D eigenvalue weighted by Crippen LogP contribution is -2.29. The Morgan fingerprint density at radius 1 is 1.33 bits per heavy atom. The van der Waals surface area contributed by atoms with Crippen molar-refractivity contribution in [2.24, 2.45) is 11.7 Å². The van der Waals surface area contributed by atoms with Crippen molar-refractivity contribution in [2.45, 2.75) is 37.6 Å². The Balaban J connectivity index is 2.32. The molecule has 1 aliphatic heterocycles. The lowest BCUT2D eigenvalue weighted by molar-refractivity contribution is 0.444. The zero-order valence-corrected chi connectivity index (χ0v) is 14.3. The monoisotopic (exact) mass is 350 g/mol. The lowest BCUT2D eigenvalue weighted by atomic mass is 10.0. The van der Waals surface area contributed by atoms with Crippen LogP contribution >= 0.6 is 23.2 Å². The molecule has 0 aliphatic carbocycles. The summed E-state index contributed by atoms with van der Waals surface area (Å²) in [6.45, 7) is 3.40. The molecular weight excluding hydrogens is 331 g/mol. The maximum atomic E-state index is 12.7. The van der Waals surface area contributed by atoms with Crippen LogP contribution in [0.25, 0.3) is 0 Å². The first-order valence-corrected chi connectivity index (χ1v) is 9.27. The zero-order chi connectivity index (χ0) is 15.6. The van der Waals surface area contributed by atoms with Crippen molar-refractivity contribution in [3.8, 4) is 0 Å². The summed E-state index contributed by atoms with van der Waals surface area (Å²) in [5.74, 6) is 0.435. The SMILES string of the molecule is CCCC1CCN(S(=O)(=O)c2cc(CN)c(Cl)cc2Cl)C1. The van der Waals surface area contributed by atoms with Crippen LogP contribution in [0.4, 0.5) is 0 Å². The molecule has 1 heterocycles. The first kappa shape index (κ1) is 17.0. The molecule has 4 nitrogen and oxygen atoms in total. The summed E-state index contributed by atoms with van der Waals surface area (Å²) < 4.78 is 27.0. The van der Waals surface area contributed by atoms with E-state index < -0.39 is 10.0 Å². The average Bonchev–Trinajstić information content (AvgIpc) is 2.88. The minimum Gasteiger partial charge on any atom is -0.326 e. The minimum atomic E-state index is -3.58. The number of hydrogen-bond acceptors (Lipinski definition) is 3. The highest BCUT2D eigenvalue weighted by atomic mass is 35.5. The predicted molar refractivity (Wildman–Crippen MR) is 86.1 cm³/mol. The molecular formula is C14H20Cl2N2O2S. The van der Waals surface area contributed by atoms with Gasteiger partial charge in [-0.25, -0.2) is 8.42 Å². The molecule has 1 fully saturated rings. The standard InChI is InChI=1S/C14H20Cl2N2O2S/c1-2-3-10-4-5-18(9-10)21(19,20)14-6-11(8-17)12(15)7-13(14)16/h6-7,10H,2-5,8-9,17H2,1H3. The molecule has 1 aromatic carbocycles. The maximum Gasteiger partial charge on any atom is 0.244 e. The molecule has 1 aliphatic rings. The van der Waals surface area contributed by atoms with E-state index in [4.69, 9.17) is 28.9 Å². The third kappa shape index (κ3) is 3.54. The Labute approximate surface area is 136 Å². The number of rotatable bonds is 5. The summed E-state index contributed by atoms with van der Waals surface area (Å²) in [5, 5.41) is 0.544. The molecule has 2 rings (SSSR count). The normalized spacial score (nSPS) is 20.1. The van der Waals surface area contributed by atoms with E-state index in [0.717, 1.165) is 19.3 Å². The third-order valence-electron chi connectivity index (χ3n) is 3.88. The molecule has 0 spiro atoms. The largest absolute Gasteiger partial charge is 0.326 e. The molecule has 7 heteroatoms. The van der Waals surface area contributed by atoms with Crippen molar-refractivity contribution in [3.63, 3.8) is 0 Å². The van der Waals surface area contributed by atoms with Gasteiger partial charge in [-0.15, -0.1) is 0 Å². The van der Waals surface area contributed by atoms with Crippen molar-refractivity contribution in [2.75, 3.05) is 13.1 Å². The number of hydrogen-bond donors (Lipinski definition) is 1. The molecule has 0 amide bonds. The Morgan fingerprint density at radius 3 is 2.67 bits per heavy atom. The van der Waals surface area contributed by atoms with Crippen LogP contribution in [0.5, 0.6) is 0 Å². The van der Waals surface area contributed by atoms with Gasteiger partial charge in [-0.05, 0) is 36.5 Å². The van der Waals surface area contributed by atoms with Crippen LogP contribution in [0.3, 0.4) is 0 Å². The lowest BCUT2D eigenvalue weighted by Gasteiger charge is -2.18. The minimum absolute atomic E-state index is 0.103. The Morgan fingerprint density at radius 2 is 2.05 bits per heavy atom. The van der Waals surface area contributed by atoms with E-state index in [0.29, 0.717) is 29.6 Å². The van der Waals surface area contributed by atoms with Crippen molar-refractivity contribution < 1.29 is 8.42 Å². The van der Waals surface area contributed by atoms with Gasteiger partial charge in [0.05, 0.1) is 5.02 Å². The second kappa shape index (κ2) is 6.84. The van der Waals surface area contributed by atoms with Gasteiger partial charge in [-0.3, -0.25) is 0 Å². The summed E-state index contributed by atoms with van der Waals surface area (Å²) in [5.41, 5.74) is 6.18. The summed E-state index contributed by atoms with van der Waals surface area (Å²) >= 11 is 12.1. The molecule has 2 N–H and O–H groups in total. The summed E-state index contributed by atoms with van der Waals surface area (Å²) in [7, 11) is -3.58. The number of benzene rings is 1. The van der Waals surface area contributed by atoms with Crippen molar-refractivity contribution in [1.82, 2.24) is 4.31 Å². The molecule has 0 radical (unpaired) electrons. The van der Waals surface area contributed by atoms with E-state index in [9.17, 15) is 8.42 Å². The summed E-state index contributed by atoms with van der Waals surface area (Å²) in [6.07, 6.45) is 3.02. The quantitative estimate of drug-likeness (QED) is 0.886. The van der Waals surface area contributed by atoms with Crippen LogP contribution < -0.4 is 5.73 Å². The van der Waals surface area contributed by atoms with E-state index in [1.54, 1.807) is 0 Å². The van der Waals surface area contributed by atoms with Gasteiger partial charge in [-0.2, -0.15) is 4.31 Å². The third-order valence-corrected chi connectivity index (χ3v) is 6.57. The van der Waals surface area contributed by atoms with Gasteiger partial charge in [0.25, 0.3) is 0 Å². The summed E-state index contributed by atoms with van der Waals surface area (Å²) in [6, 6.07) is 2.95.